The van der Waals surface area contributed by atoms with Crippen molar-refractivity contribution >= 4 is 11.0 Å². The predicted octanol–water partition coefficient (Wildman–Crippen LogP) is 1.13. The van der Waals surface area contributed by atoms with Crippen LogP contribution in [0.4, 0.5) is 0 Å². The summed E-state index contributed by atoms with van der Waals surface area (Å²) >= 11 is 0. The largest absolute Gasteiger partial charge is 0.389 e. The van der Waals surface area contributed by atoms with Crippen molar-refractivity contribution in [1.29, 1.82) is 5.26 Å². The van der Waals surface area contributed by atoms with Crippen LogP contribution in [0.5, 0.6) is 0 Å². The summed E-state index contributed by atoms with van der Waals surface area (Å²) < 4.78 is 12.1. The summed E-state index contributed by atoms with van der Waals surface area (Å²) in [5, 5.41) is 19.0. The van der Waals surface area contributed by atoms with Crippen molar-refractivity contribution in [2.75, 3.05) is 26.9 Å². The van der Waals surface area contributed by atoms with Gasteiger partial charge in [-0.25, -0.2) is 4.98 Å². The van der Waals surface area contributed by atoms with Crippen molar-refractivity contribution in [3.05, 3.63) is 30.1 Å². The number of benzene rings is 1. The van der Waals surface area contributed by atoms with Crippen molar-refractivity contribution in [3.8, 4) is 6.07 Å². The number of aromatic nitrogens is 2. The van der Waals surface area contributed by atoms with E-state index in [0.29, 0.717) is 25.6 Å². The molecule has 0 bridgehead atoms. The zero-order valence-corrected chi connectivity index (χ0v) is 12.0. The van der Waals surface area contributed by atoms with Gasteiger partial charge >= 0.3 is 0 Å². The van der Waals surface area contributed by atoms with E-state index in [1.165, 1.54) is 0 Å². The summed E-state index contributed by atoms with van der Waals surface area (Å²) in [7, 11) is 1.60. The average molecular weight is 289 g/mol. The van der Waals surface area contributed by atoms with E-state index >= 15 is 0 Å². The van der Waals surface area contributed by atoms with Crippen LogP contribution >= 0.6 is 0 Å². The Morgan fingerprint density at radius 3 is 2.95 bits per heavy atom. The minimum atomic E-state index is -0.656. The second-order valence-corrected chi connectivity index (χ2v) is 4.68. The third-order valence-corrected chi connectivity index (χ3v) is 3.11. The minimum absolute atomic E-state index is 0.214. The summed E-state index contributed by atoms with van der Waals surface area (Å²) in [5.74, 6) is 0.662. The lowest BCUT2D eigenvalue weighted by atomic mass is 10.3. The fraction of sp³-hybridized carbons (Fsp3) is 0.467. The molecule has 0 aliphatic carbocycles. The van der Waals surface area contributed by atoms with Crippen LogP contribution in [0, 0.1) is 11.3 Å². The monoisotopic (exact) mass is 289 g/mol. The Kier molecular flexibility index (Phi) is 5.69. The van der Waals surface area contributed by atoms with E-state index in [0.717, 1.165) is 11.0 Å². The SMILES string of the molecule is COCCOCC(O)Cn1c(CC#N)nc2ccccc21. The number of rotatable bonds is 8. The van der Waals surface area contributed by atoms with Gasteiger partial charge in [0.25, 0.3) is 0 Å². The van der Waals surface area contributed by atoms with Crippen LogP contribution in [0.15, 0.2) is 24.3 Å². The first kappa shape index (κ1) is 15.4. The number of para-hydroxylation sites is 2. The van der Waals surface area contributed by atoms with Crippen molar-refractivity contribution in [2.45, 2.75) is 19.1 Å². The zero-order chi connectivity index (χ0) is 15.1. The number of aliphatic hydroxyl groups is 1. The van der Waals surface area contributed by atoms with Crippen LogP contribution < -0.4 is 0 Å². The lowest BCUT2D eigenvalue weighted by Gasteiger charge is -2.14. The molecule has 112 valence electrons. The van der Waals surface area contributed by atoms with Gasteiger partial charge in [-0.3, -0.25) is 0 Å². The Morgan fingerprint density at radius 1 is 1.38 bits per heavy atom. The first-order valence-electron chi connectivity index (χ1n) is 6.82. The normalized spacial score (nSPS) is 12.4. The number of fused-ring (bicyclic) bond motifs is 1. The Bertz CT molecular complexity index is 618. The molecule has 21 heavy (non-hydrogen) atoms. The van der Waals surface area contributed by atoms with Crippen LogP contribution in [0.25, 0.3) is 11.0 Å². The third kappa shape index (κ3) is 4.02. The highest BCUT2D eigenvalue weighted by Gasteiger charge is 2.14. The second kappa shape index (κ2) is 7.74. The van der Waals surface area contributed by atoms with Gasteiger partial charge in [-0.15, -0.1) is 0 Å². The summed E-state index contributed by atoms with van der Waals surface area (Å²) in [6.07, 6.45) is -0.441. The molecule has 6 nitrogen and oxygen atoms in total. The molecular formula is C15H19N3O3. The van der Waals surface area contributed by atoms with Crippen LogP contribution in [-0.2, 0) is 22.4 Å². The molecule has 6 heteroatoms. The van der Waals surface area contributed by atoms with Gasteiger partial charge in [-0.05, 0) is 12.1 Å². The van der Waals surface area contributed by atoms with Gasteiger partial charge in [-0.1, -0.05) is 12.1 Å². The van der Waals surface area contributed by atoms with Crippen LogP contribution in [-0.4, -0.2) is 47.7 Å². The van der Waals surface area contributed by atoms with E-state index in [9.17, 15) is 5.11 Å². The number of ether oxygens (including phenoxy) is 2. The highest BCUT2D eigenvalue weighted by Crippen LogP contribution is 2.17. The number of hydrogen-bond donors (Lipinski definition) is 1. The Balaban J connectivity index is 2.09. The standard InChI is InChI=1S/C15H19N3O3/c1-20-8-9-21-11-12(19)10-18-14-5-3-2-4-13(14)17-15(18)6-7-16/h2-5,12,19H,6,8-11H2,1H3. The van der Waals surface area contributed by atoms with E-state index < -0.39 is 6.10 Å². The Labute approximate surface area is 123 Å². The quantitative estimate of drug-likeness (QED) is 0.737. The minimum Gasteiger partial charge on any atom is -0.389 e. The maximum atomic E-state index is 10.1. The number of aliphatic hydroxyl groups excluding tert-OH is 1. The molecule has 0 aliphatic heterocycles. The van der Waals surface area contributed by atoms with Gasteiger partial charge in [0.15, 0.2) is 0 Å². The number of methoxy groups -OCH3 is 1. The maximum Gasteiger partial charge on any atom is 0.124 e. The summed E-state index contributed by atoms with van der Waals surface area (Å²) in [6, 6.07) is 9.75. The lowest BCUT2D eigenvalue weighted by Crippen LogP contribution is -2.24. The average Bonchev–Trinajstić information content (AvgIpc) is 2.82. The molecular weight excluding hydrogens is 270 g/mol. The lowest BCUT2D eigenvalue weighted by molar-refractivity contribution is 0.00739. The number of nitrogens with zero attached hydrogens (tertiary/aromatic N) is 3. The molecule has 1 aromatic carbocycles. The molecule has 0 spiro atoms. The summed E-state index contributed by atoms with van der Waals surface area (Å²) in [5.41, 5.74) is 1.74. The van der Waals surface area contributed by atoms with E-state index in [4.69, 9.17) is 14.7 Å². The third-order valence-electron chi connectivity index (χ3n) is 3.11. The molecule has 2 rings (SSSR count). The van der Waals surface area contributed by atoms with E-state index in [2.05, 4.69) is 11.1 Å². The molecule has 0 fully saturated rings. The van der Waals surface area contributed by atoms with Gasteiger partial charge in [0.1, 0.15) is 5.82 Å². The van der Waals surface area contributed by atoms with Gasteiger partial charge in [0.2, 0.25) is 0 Å². The molecule has 1 unspecified atom stereocenters. The van der Waals surface area contributed by atoms with Crippen LogP contribution in [0.1, 0.15) is 5.82 Å². The number of imidazole rings is 1. The highest BCUT2D eigenvalue weighted by atomic mass is 16.5. The van der Waals surface area contributed by atoms with Gasteiger partial charge in [0, 0.05) is 7.11 Å². The smallest absolute Gasteiger partial charge is 0.124 e. The van der Waals surface area contributed by atoms with Crippen LogP contribution in [0.3, 0.4) is 0 Å². The second-order valence-electron chi connectivity index (χ2n) is 4.68. The summed E-state index contributed by atoms with van der Waals surface area (Å²) in [6.45, 7) is 1.52. The molecule has 2 aromatic rings. The van der Waals surface area contributed by atoms with Crippen LogP contribution in [0.2, 0.25) is 0 Å². The predicted molar refractivity (Wildman–Crippen MR) is 77.8 cm³/mol. The first-order valence-corrected chi connectivity index (χ1v) is 6.82. The first-order chi connectivity index (χ1) is 10.3. The molecule has 1 N–H and O–H groups in total. The fourth-order valence-electron chi connectivity index (χ4n) is 2.16. The van der Waals surface area contributed by atoms with Gasteiger partial charge in [0.05, 0.1) is 56.0 Å². The highest BCUT2D eigenvalue weighted by molar-refractivity contribution is 5.76. The zero-order valence-electron chi connectivity index (χ0n) is 12.0. The van der Waals surface area contributed by atoms with E-state index in [-0.39, 0.29) is 13.0 Å². The molecule has 0 amide bonds. The summed E-state index contributed by atoms with van der Waals surface area (Å²) in [4.78, 5) is 4.43. The molecule has 1 atom stereocenters. The van der Waals surface area contributed by atoms with Crippen molar-refractivity contribution in [3.63, 3.8) is 0 Å². The molecule has 1 aromatic heterocycles. The van der Waals surface area contributed by atoms with Gasteiger partial charge in [-0.2, -0.15) is 5.26 Å². The van der Waals surface area contributed by atoms with Crippen molar-refractivity contribution < 1.29 is 14.6 Å². The molecule has 1 heterocycles. The molecule has 0 saturated carbocycles. The topological polar surface area (TPSA) is 80.3 Å². The fourth-order valence-corrected chi connectivity index (χ4v) is 2.16. The molecule has 0 aliphatic rings. The van der Waals surface area contributed by atoms with E-state index in [1.54, 1.807) is 7.11 Å². The number of hydrogen-bond acceptors (Lipinski definition) is 5. The Morgan fingerprint density at radius 2 is 2.19 bits per heavy atom. The molecule has 0 saturated heterocycles. The van der Waals surface area contributed by atoms with Crippen molar-refractivity contribution in [1.82, 2.24) is 9.55 Å². The number of nitriles is 1. The van der Waals surface area contributed by atoms with E-state index in [1.807, 2.05) is 28.8 Å². The van der Waals surface area contributed by atoms with Gasteiger partial charge < -0.3 is 19.1 Å². The maximum absolute atomic E-state index is 10.1. The van der Waals surface area contributed by atoms with Crippen molar-refractivity contribution in [2.24, 2.45) is 0 Å². The molecule has 0 radical (unpaired) electrons. The Hall–Kier alpha value is -1.94.